The first-order valence-corrected chi connectivity index (χ1v) is 7.80. The SMILES string of the molecule is CCCOc1ccc(C(N)CN2CC(C)C(C)C2)cc1. The van der Waals surface area contributed by atoms with Crippen LogP contribution < -0.4 is 10.5 Å². The van der Waals surface area contributed by atoms with Crippen LogP contribution >= 0.6 is 0 Å². The van der Waals surface area contributed by atoms with Crippen LogP contribution in [0.4, 0.5) is 0 Å². The first kappa shape index (κ1) is 15.3. The molecule has 1 saturated heterocycles. The zero-order valence-electron chi connectivity index (χ0n) is 13.0. The van der Waals surface area contributed by atoms with Gasteiger partial charge < -0.3 is 15.4 Å². The Balaban J connectivity index is 1.87. The van der Waals surface area contributed by atoms with Gasteiger partial charge in [-0.05, 0) is 36.0 Å². The molecule has 3 heteroatoms. The summed E-state index contributed by atoms with van der Waals surface area (Å²) in [5.74, 6) is 2.50. The molecule has 1 fully saturated rings. The minimum Gasteiger partial charge on any atom is -0.494 e. The molecular formula is C17H28N2O. The highest BCUT2D eigenvalue weighted by atomic mass is 16.5. The highest BCUT2D eigenvalue weighted by molar-refractivity contribution is 5.29. The summed E-state index contributed by atoms with van der Waals surface area (Å²) in [6.45, 7) is 10.8. The Kier molecular flexibility index (Phi) is 5.44. The highest BCUT2D eigenvalue weighted by Gasteiger charge is 2.27. The van der Waals surface area contributed by atoms with Crippen LogP contribution in [0.15, 0.2) is 24.3 Å². The molecule has 0 radical (unpaired) electrons. The van der Waals surface area contributed by atoms with E-state index >= 15 is 0 Å². The largest absolute Gasteiger partial charge is 0.494 e. The normalized spacial score (nSPS) is 24.8. The third-order valence-electron chi connectivity index (χ3n) is 4.30. The molecule has 1 aromatic rings. The molecule has 0 spiro atoms. The van der Waals surface area contributed by atoms with E-state index in [1.54, 1.807) is 0 Å². The van der Waals surface area contributed by atoms with Crippen molar-refractivity contribution in [1.29, 1.82) is 0 Å². The monoisotopic (exact) mass is 276 g/mol. The number of ether oxygens (including phenoxy) is 1. The second-order valence-electron chi connectivity index (χ2n) is 6.20. The van der Waals surface area contributed by atoms with Crippen LogP contribution in [-0.2, 0) is 0 Å². The summed E-state index contributed by atoms with van der Waals surface area (Å²) >= 11 is 0. The van der Waals surface area contributed by atoms with Crippen LogP contribution in [0.3, 0.4) is 0 Å². The smallest absolute Gasteiger partial charge is 0.119 e. The minimum absolute atomic E-state index is 0.0905. The van der Waals surface area contributed by atoms with E-state index in [4.69, 9.17) is 10.5 Å². The molecule has 0 saturated carbocycles. The van der Waals surface area contributed by atoms with E-state index in [1.807, 2.05) is 12.1 Å². The van der Waals surface area contributed by atoms with Gasteiger partial charge in [-0.3, -0.25) is 0 Å². The van der Waals surface area contributed by atoms with Crippen molar-refractivity contribution in [2.24, 2.45) is 17.6 Å². The lowest BCUT2D eigenvalue weighted by molar-refractivity contribution is 0.302. The van der Waals surface area contributed by atoms with Crippen LogP contribution in [-0.4, -0.2) is 31.1 Å². The maximum absolute atomic E-state index is 6.33. The lowest BCUT2D eigenvalue weighted by Crippen LogP contribution is -2.30. The fraction of sp³-hybridized carbons (Fsp3) is 0.647. The lowest BCUT2D eigenvalue weighted by Gasteiger charge is -2.21. The van der Waals surface area contributed by atoms with E-state index in [0.29, 0.717) is 0 Å². The van der Waals surface area contributed by atoms with Crippen molar-refractivity contribution >= 4 is 0 Å². The average Bonchev–Trinajstić information content (AvgIpc) is 2.75. The Bertz CT molecular complexity index is 394. The molecule has 112 valence electrons. The van der Waals surface area contributed by atoms with Crippen molar-refractivity contribution in [3.63, 3.8) is 0 Å². The molecule has 1 heterocycles. The van der Waals surface area contributed by atoms with Crippen molar-refractivity contribution in [3.05, 3.63) is 29.8 Å². The number of nitrogens with zero attached hydrogens (tertiary/aromatic N) is 1. The topological polar surface area (TPSA) is 38.5 Å². The van der Waals surface area contributed by atoms with Gasteiger partial charge in [-0.2, -0.15) is 0 Å². The third-order valence-corrected chi connectivity index (χ3v) is 4.30. The molecule has 0 amide bonds. The van der Waals surface area contributed by atoms with Gasteiger partial charge in [0.25, 0.3) is 0 Å². The number of rotatable bonds is 6. The average molecular weight is 276 g/mol. The summed E-state index contributed by atoms with van der Waals surface area (Å²) in [4.78, 5) is 2.49. The lowest BCUT2D eigenvalue weighted by atomic mass is 10.0. The molecule has 3 nitrogen and oxygen atoms in total. The molecule has 0 aliphatic carbocycles. The zero-order valence-corrected chi connectivity index (χ0v) is 13.0. The second kappa shape index (κ2) is 7.09. The summed E-state index contributed by atoms with van der Waals surface area (Å²) < 4.78 is 5.60. The number of hydrogen-bond acceptors (Lipinski definition) is 3. The van der Waals surface area contributed by atoms with Gasteiger partial charge in [-0.15, -0.1) is 0 Å². The molecule has 0 aromatic heterocycles. The Morgan fingerprint density at radius 2 is 1.80 bits per heavy atom. The van der Waals surface area contributed by atoms with Crippen molar-refractivity contribution in [2.45, 2.75) is 33.2 Å². The van der Waals surface area contributed by atoms with Crippen LogP contribution in [0.25, 0.3) is 0 Å². The predicted octanol–water partition coefficient (Wildman–Crippen LogP) is 3.06. The zero-order chi connectivity index (χ0) is 14.5. The van der Waals surface area contributed by atoms with Crippen molar-refractivity contribution in [3.8, 4) is 5.75 Å². The van der Waals surface area contributed by atoms with E-state index in [0.717, 1.165) is 37.2 Å². The molecule has 1 aliphatic heterocycles. The molecule has 0 bridgehead atoms. The molecular weight excluding hydrogens is 248 g/mol. The quantitative estimate of drug-likeness (QED) is 0.868. The van der Waals surface area contributed by atoms with Crippen molar-refractivity contribution in [2.75, 3.05) is 26.2 Å². The summed E-state index contributed by atoms with van der Waals surface area (Å²) in [6, 6.07) is 8.34. The fourth-order valence-electron chi connectivity index (χ4n) is 2.81. The van der Waals surface area contributed by atoms with E-state index in [2.05, 4.69) is 37.8 Å². The van der Waals surface area contributed by atoms with Crippen LogP contribution in [0.1, 0.15) is 38.8 Å². The summed E-state index contributed by atoms with van der Waals surface area (Å²) in [7, 11) is 0. The summed E-state index contributed by atoms with van der Waals surface area (Å²) in [6.07, 6.45) is 1.03. The van der Waals surface area contributed by atoms with Crippen molar-refractivity contribution in [1.82, 2.24) is 4.90 Å². The summed E-state index contributed by atoms with van der Waals surface area (Å²) in [5, 5.41) is 0. The van der Waals surface area contributed by atoms with E-state index in [1.165, 1.54) is 18.7 Å². The highest BCUT2D eigenvalue weighted by Crippen LogP contribution is 2.24. The predicted molar refractivity (Wildman–Crippen MR) is 83.9 cm³/mol. The number of likely N-dealkylation sites (tertiary alicyclic amines) is 1. The first-order valence-electron chi connectivity index (χ1n) is 7.80. The van der Waals surface area contributed by atoms with Crippen LogP contribution in [0, 0.1) is 11.8 Å². The van der Waals surface area contributed by atoms with E-state index < -0.39 is 0 Å². The van der Waals surface area contributed by atoms with Gasteiger partial charge in [0, 0.05) is 25.7 Å². The maximum atomic E-state index is 6.33. The van der Waals surface area contributed by atoms with Gasteiger partial charge in [0.1, 0.15) is 5.75 Å². The maximum Gasteiger partial charge on any atom is 0.119 e. The number of hydrogen-bond donors (Lipinski definition) is 1. The van der Waals surface area contributed by atoms with Gasteiger partial charge in [-0.1, -0.05) is 32.9 Å². The molecule has 2 N–H and O–H groups in total. The molecule has 3 atom stereocenters. The van der Waals surface area contributed by atoms with Crippen LogP contribution in [0.2, 0.25) is 0 Å². The first-order chi connectivity index (χ1) is 9.60. The summed E-state index contributed by atoms with van der Waals surface area (Å²) in [5.41, 5.74) is 7.53. The van der Waals surface area contributed by atoms with Gasteiger partial charge in [0.05, 0.1) is 6.61 Å². The van der Waals surface area contributed by atoms with Crippen molar-refractivity contribution < 1.29 is 4.74 Å². The Morgan fingerprint density at radius 3 is 2.35 bits per heavy atom. The molecule has 1 aromatic carbocycles. The van der Waals surface area contributed by atoms with Gasteiger partial charge in [-0.25, -0.2) is 0 Å². The third kappa shape index (κ3) is 3.97. The molecule has 2 rings (SSSR count). The van der Waals surface area contributed by atoms with Crippen LogP contribution in [0.5, 0.6) is 5.75 Å². The molecule has 1 aliphatic rings. The van der Waals surface area contributed by atoms with Gasteiger partial charge in [0.15, 0.2) is 0 Å². The van der Waals surface area contributed by atoms with Gasteiger partial charge in [0.2, 0.25) is 0 Å². The molecule has 3 unspecified atom stereocenters. The number of benzene rings is 1. The van der Waals surface area contributed by atoms with Gasteiger partial charge >= 0.3 is 0 Å². The Morgan fingerprint density at radius 1 is 1.20 bits per heavy atom. The Hall–Kier alpha value is -1.06. The Labute approximate surface area is 123 Å². The van der Waals surface area contributed by atoms with E-state index in [-0.39, 0.29) is 6.04 Å². The second-order valence-corrected chi connectivity index (χ2v) is 6.20. The fourth-order valence-corrected chi connectivity index (χ4v) is 2.81. The number of nitrogens with two attached hydrogens (primary N) is 1. The standard InChI is InChI=1S/C17H28N2O/c1-4-9-20-16-7-5-15(6-8-16)17(18)12-19-10-13(2)14(3)11-19/h5-8,13-14,17H,4,9-12,18H2,1-3H3. The van der Waals surface area contributed by atoms with E-state index in [9.17, 15) is 0 Å². The minimum atomic E-state index is 0.0905. The molecule has 20 heavy (non-hydrogen) atoms.